The van der Waals surface area contributed by atoms with E-state index in [1.165, 1.54) is 0 Å². The first-order valence-corrected chi connectivity index (χ1v) is 5.70. The van der Waals surface area contributed by atoms with Crippen molar-refractivity contribution in [3.05, 3.63) is 60.9 Å². The highest BCUT2D eigenvalue weighted by Crippen LogP contribution is 2.32. The average Bonchev–Trinajstić information content (AvgIpc) is 2.44. The van der Waals surface area contributed by atoms with E-state index >= 15 is 0 Å². The molecule has 3 heteroatoms. The zero-order valence-electron chi connectivity index (χ0n) is 9.71. The van der Waals surface area contributed by atoms with Gasteiger partial charge in [0.2, 0.25) is 0 Å². The summed E-state index contributed by atoms with van der Waals surface area (Å²) in [5.41, 5.74) is 6.71. The van der Waals surface area contributed by atoms with Crippen LogP contribution >= 0.6 is 0 Å². The van der Waals surface area contributed by atoms with Gasteiger partial charge >= 0.3 is 0 Å². The number of fused-ring (bicyclic) bond motifs is 1. The molecule has 0 aliphatic heterocycles. The molecule has 0 aliphatic carbocycles. The van der Waals surface area contributed by atoms with Gasteiger partial charge in [0, 0.05) is 28.9 Å². The lowest BCUT2D eigenvalue weighted by molar-refractivity contribution is 0.487. The summed E-state index contributed by atoms with van der Waals surface area (Å²) < 4.78 is 5.85. The highest BCUT2D eigenvalue weighted by atomic mass is 16.5. The molecule has 18 heavy (non-hydrogen) atoms. The molecule has 1 aromatic heterocycles. The van der Waals surface area contributed by atoms with Crippen LogP contribution in [0.2, 0.25) is 0 Å². The van der Waals surface area contributed by atoms with E-state index in [4.69, 9.17) is 10.5 Å². The molecule has 2 N–H and O–H groups in total. The summed E-state index contributed by atoms with van der Waals surface area (Å²) in [5, 5.41) is 2.01. The number of anilines is 1. The number of benzene rings is 2. The van der Waals surface area contributed by atoms with Crippen molar-refractivity contribution in [2.45, 2.75) is 0 Å². The SMILES string of the molecule is Nc1ccc(Oc2ccncc2)c2ccccc12. The number of hydrogen-bond acceptors (Lipinski definition) is 3. The number of ether oxygens (including phenoxy) is 1. The molecule has 0 saturated heterocycles. The van der Waals surface area contributed by atoms with Crippen molar-refractivity contribution in [3.63, 3.8) is 0 Å². The van der Waals surface area contributed by atoms with Crippen LogP contribution in [0.5, 0.6) is 11.5 Å². The average molecular weight is 236 g/mol. The third-order valence-electron chi connectivity index (χ3n) is 2.80. The van der Waals surface area contributed by atoms with Gasteiger partial charge in [0.25, 0.3) is 0 Å². The van der Waals surface area contributed by atoms with Crippen LogP contribution in [0.15, 0.2) is 60.9 Å². The molecule has 0 atom stereocenters. The molecule has 0 aliphatic rings. The largest absolute Gasteiger partial charge is 0.457 e. The molecule has 3 aromatic rings. The number of rotatable bonds is 2. The van der Waals surface area contributed by atoms with Gasteiger partial charge < -0.3 is 10.5 Å². The zero-order chi connectivity index (χ0) is 12.4. The number of hydrogen-bond donors (Lipinski definition) is 1. The fourth-order valence-corrected chi connectivity index (χ4v) is 1.92. The third kappa shape index (κ3) is 1.86. The summed E-state index contributed by atoms with van der Waals surface area (Å²) in [6.45, 7) is 0. The van der Waals surface area contributed by atoms with Gasteiger partial charge in [0.05, 0.1) is 0 Å². The van der Waals surface area contributed by atoms with E-state index in [1.54, 1.807) is 12.4 Å². The lowest BCUT2D eigenvalue weighted by Gasteiger charge is -2.10. The fourth-order valence-electron chi connectivity index (χ4n) is 1.92. The van der Waals surface area contributed by atoms with E-state index in [0.29, 0.717) is 0 Å². The normalized spacial score (nSPS) is 10.4. The Morgan fingerprint density at radius 3 is 2.33 bits per heavy atom. The van der Waals surface area contributed by atoms with E-state index in [0.717, 1.165) is 28.0 Å². The maximum Gasteiger partial charge on any atom is 0.135 e. The predicted molar refractivity (Wildman–Crippen MR) is 72.7 cm³/mol. The van der Waals surface area contributed by atoms with Crippen molar-refractivity contribution in [1.29, 1.82) is 0 Å². The van der Waals surface area contributed by atoms with Gasteiger partial charge in [-0.25, -0.2) is 0 Å². The predicted octanol–water partition coefficient (Wildman–Crippen LogP) is 3.61. The van der Waals surface area contributed by atoms with Crippen LogP contribution in [0, 0.1) is 0 Å². The lowest BCUT2D eigenvalue weighted by Crippen LogP contribution is -1.90. The Kier molecular flexibility index (Phi) is 2.57. The number of nitrogens with two attached hydrogens (primary N) is 1. The van der Waals surface area contributed by atoms with E-state index in [2.05, 4.69) is 4.98 Å². The molecule has 2 aromatic carbocycles. The minimum Gasteiger partial charge on any atom is -0.457 e. The number of nitrogen functional groups attached to an aromatic ring is 1. The van der Waals surface area contributed by atoms with Gasteiger partial charge in [-0.3, -0.25) is 4.98 Å². The molecule has 1 heterocycles. The van der Waals surface area contributed by atoms with Crippen LogP contribution in [-0.2, 0) is 0 Å². The lowest BCUT2D eigenvalue weighted by atomic mass is 10.1. The summed E-state index contributed by atoms with van der Waals surface area (Å²) in [6.07, 6.45) is 3.41. The summed E-state index contributed by atoms with van der Waals surface area (Å²) in [5.74, 6) is 1.56. The molecular weight excluding hydrogens is 224 g/mol. The monoisotopic (exact) mass is 236 g/mol. The smallest absolute Gasteiger partial charge is 0.135 e. The summed E-state index contributed by atoms with van der Waals surface area (Å²) >= 11 is 0. The number of pyridine rings is 1. The maximum absolute atomic E-state index is 5.95. The molecule has 0 unspecified atom stereocenters. The van der Waals surface area contributed by atoms with Crippen LogP contribution in [0.4, 0.5) is 5.69 Å². The van der Waals surface area contributed by atoms with E-state index in [-0.39, 0.29) is 0 Å². The first kappa shape index (κ1) is 10.6. The second kappa shape index (κ2) is 4.37. The Morgan fingerprint density at radius 2 is 1.56 bits per heavy atom. The quantitative estimate of drug-likeness (QED) is 0.691. The van der Waals surface area contributed by atoms with Gasteiger partial charge in [-0.15, -0.1) is 0 Å². The Bertz CT molecular complexity index is 680. The van der Waals surface area contributed by atoms with Crippen molar-refractivity contribution in [3.8, 4) is 11.5 Å². The molecule has 0 fully saturated rings. The summed E-state index contributed by atoms with van der Waals surface area (Å²) in [6, 6.07) is 15.3. The first-order valence-electron chi connectivity index (χ1n) is 5.70. The van der Waals surface area contributed by atoms with Crippen LogP contribution in [0.1, 0.15) is 0 Å². The maximum atomic E-state index is 5.95. The fraction of sp³-hybridized carbons (Fsp3) is 0. The summed E-state index contributed by atoms with van der Waals surface area (Å²) in [4.78, 5) is 3.96. The molecule has 0 saturated carbocycles. The van der Waals surface area contributed by atoms with Crippen LogP contribution in [-0.4, -0.2) is 4.98 Å². The van der Waals surface area contributed by atoms with E-state index in [1.807, 2.05) is 48.5 Å². The van der Waals surface area contributed by atoms with E-state index in [9.17, 15) is 0 Å². The Hall–Kier alpha value is -2.55. The second-order valence-electron chi connectivity index (χ2n) is 3.98. The van der Waals surface area contributed by atoms with Crippen molar-refractivity contribution >= 4 is 16.5 Å². The molecular formula is C15H12N2O. The van der Waals surface area contributed by atoms with Crippen molar-refractivity contribution in [1.82, 2.24) is 4.98 Å². The standard InChI is InChI=1S/C15H12N2O/c16-14-5-6-15(13-4-2-1-3-12(13)14)18-11-7-9-17-10-8-11/h1-10H,16H2. The van der Waals surface area contributed by atoms with Gasteiger partial charge in [-0.1, -0.05) is 24.3 Å². The topological polar surface area (TPSA) is 48.1 Å². The molecule has 3 nitrogen and oxygen atoms in total. The highest BCUT2D eigenvalue weighted by molar-refractivity contribution is 5.97. The summed E-state index contributed by atoms with van der Waals surface area (Å²) in [7, 11) is 0. The molecule has 88 valence electrons. The van der Waals surface area contributed by atoms with Gasteiger partial charge in [0.15, 0.2) is 0 Å². The third-order valence-corrected chi connectivity index (χ3v) is 2.80. The Morgan fingerprint density at radius 1 is 0.833 bits per heavy atom. The highest BCUT2D eigenvalue weighted by Gasteiger charge is 2.05. The number of aromatic nitrogens is 1. The molecule has 3 rings (SSSR count). The Balaban J connectivity index is 2.10. The van der Waals surface area contributed by atoms with Crippen LogP contribution in [0.25, 0.3) is 10.8 Å². The van der Waals surface area contributed by atoms with E-state index < -0.39 is 0 Å². The second-order valence-corrected chi connectivity index (χ2v) is 3.98. The first-order chi connectivity index (χ1) is 8.84. The minimum absolute atomic E-state index is 0.757. The molecule has 0 bridgehead atoms. The molecule has 0 radical (unpaired) electrons. The van der Waals surface area contributed by atoms with Crippen molar-refractivity contribution < 1.29 is 4.74 Å². The van der Waals surface area contributed by atoms with Gasteiger partial charge in [0.1, 0.15) is 11.5 Å². The van der Waals surface area contributed by atoms with Crippen LogP contribution in [0.3, 0.4) is 0 Å². The van der Waals surface area contributed by atoms with Crippen molar-refractivity contribution in [2.75, 3.05) is 5.73 Å². The Labute approximate surface area is 105 Å². The molecule has 0 amide bonds. The van der Waals surface area contributed by atoms with Gasteiger partial charge in [-0.05, 0) is 24.3 Å². The van der Waals surface area contributed by atoms with Gasteiger partial charge in [-0.2, -0.15) is 0 Å². The minimum atomic E-state index is 0.757. The number of nitrogens with zero attached hydrogens (tertiary/aromatic N) is 1. The van der Waals surface area contributed by atoms with Crippen LogP contribution < -0.4 is 10.5 Å². The molecule has 0 spiro atoms. The van der Waals surface area contributed by atoms with Crippen molar-refractivity contribution in [2.24, 2.45) is 0 Å². The zero-order valence-corrected chi connectivity index (χ0v) is 9.71.